The van der Waals surface area contributed by atoms with Crippen molar-refractivity contribution in [1.82, 2.24) is 9.88 Å². The molecule has 0 amide bonds. The molecule has 0 saturated heterocycles. The smallest absolute Gasteiger partial charge is 0.0543 e. The molecule has 0 atom stereocenters. The van der Waals surface area contributed by atoms with E-state index in [-0.39, 0.29) is 16.5 Å². The van der Waals surface area contributed by atoms with Gasteiger partial charge in [0.05, 0.1) is 5.69 Å². The fourth-order valence-electron chi connectivity index (χ4n) is 5.18. The van der Waals surface area contributed by atoms with Crippen LogP contribution < -0.4 is 10.6 Å². The number of pyridine rings is 1. The molecule has 0 radical (unpaired) electrons. The predicted molar refractivity (Wildman–Crippen MR) is 166 cm³/mol. The Morgan fingerprint density at radius 2 is 1.00 bits per heavy atom. The van der Waals surface area contributed by atoms with Crippen molar-refractivity contribution >= 4 is 11.4 Å². The molecular weight excluding hydrogens is 523 g/mol. The standard InChI is InChI=1S/C34H50N4.Ni/c1-24(2)29-14-11-15-30(25(3)4)33(29)36-19-21-38(23-28-13-9-10-18-35-28)22-20-37-34-31(26(5)6)16-12-17-32(34)27(7)8;/h9-18,24-27,36-37H,19-23H2,1-8H3;. The van der Waals surface area contributed by atoms with Gasteiger partial charge in [0.1, 0.15) is 0 Å². The Balaban J connectivity index is 0.00000533. The van der Waals surface area contributed by atoms with Crippen molar-refractivity contribution < 1.29 is 16.5 Å². The zero-order chi connectivity index (χ0) is 27.7. The molecule has 39 heavy (non-hydrogen) atoms. The maximum Gasteiger partial charge on any atom is 0.0543 e. The van der Waals surface area contributed by atoms with Gasteiger partial charge < -0.3 is 10.6 Å². The Labute approximate surface area is 248 Å². The van der Waals surface area contributed by atoms with Gasteiger partial charge in [0.2, 0.25) is 0 Å². The van der Waals surface area contributed by atoms with Crippen molar-refractivity contribution in [1.29, 1.82) is 0 Å². The van der Waals surface area contributed by atoms with E-state index < -0.39 is 0 Å². The van der Waals surface area contributed by atoms with Crippen molar-refractivity contribution in [3.8, 4) is 0 Å². The molecule has 5 heteroatoms. The molecule has 3 aromatic rings. The third-order valence-corrected chi connectivity index (χ3v) is 7.32. The Morgan fingerprint density at radius 1 is 0.590 bits per heavy atom. The summed E-state index contributed by atoms with van der Waals surface area (Å²) >= 11 is 0. The van der Waals surface area contributed by atoms with Gasteiger partial charge in [-0.15, -0.1) is 0 Å². The second-order valence-corrected chi connectivity index (χ2v) is 11.7. The van der Waals surface area contributed by atoms with Crippen LogP contribution in [0.1, 0.15) is 107 Å². The average Bonchev–Trinajstić information content (AvgIpc) is 2.88. The molecule has 0 saturated carbocycles. The molecule has 1 heterocycles. The summed E-state index contributed by atoms with van der Waals surface area (Å²) in [6.07, 6.45) is 1.89. The van der Waals surface area contributed by atoms with Crippen molar-refractivity contribution in [2.75, 3.05) is 36.8 Å². The minimum atomic E-state index is 0. The number of hydrogen-bond acceptors (Lipinski definition) is 4. The van der Waals surface area contributed by atoms with Gasteiger partial charge in [0.15, 0.2) is 0 Å². The van der Waals surface area contributed by atoms with Crippen LogP contribution in [0.25, 0.3) is 0 Å². The van der Waals surface area contributed by atoms with E-state index in [9.17, 15) is 0 Å². The molecule has 2 aromatic carbocycles. The molecule has 0 aliphatic heterocycles. The van der Waals surface area contributed by atoms with E-state index in [4.69, 9.17) is 0 Å². The number of para-hydroxylation sites is 2. The largest absolute Gasteiger partial charge is 0.383 e. The summed E-state index contributed by atoms with van der Waals surface area (Å²) in [5.74, 6) is 1.95. The molecule has 0 aliphatic rings. The summed E-state index contributed by atoms with van der Waals surface area (Å²) < 4.78 is 0. The van der Waals surface area contributed by atoms with Crippen LogP contribution in [0.4, 0.5) is 11.4 Å². The van der Waals surface area contributed by atoms with E-state index in [1.807, 2.05) is 12.3 Å². The average molecular weight is 573 g/mol. The fourth-order valence-corrected chi connectivity index (χ4v) is 5.18. The molecule has 3 rings (SSSR count). The number of benzene rings is 2. The Hall–Kier alpha value is -2.36. The zero-order valence-corrected chi connectivity index (χ0v) is 26.3. The van der Waals surface area contributed by atoms with Gasteiger partial charge in [0, 0.05) is 66.8 Å². The summed E-state index contributed by atoms with van der Waals surface area (Å²) in [6, 6.07) is 19.7. The van der Waals surface area contributed by atoms with Crippen molar-refractivity contribution in [2.45, 2.75) is 85.6 Å². The van der Waals surface area contributed by atoms with Crippen molar-refractivity contribution in [2.24, 2.45) is 0 Å². The van der Waals surface area contributed by atoms with Gasteiger partial charge in [-0.1, -0.05) is 97.9 Å². The molecule has 0 bridgehead atoms. The van der Waals surface area contributed by atoms with Crippen molar-refractivity contribution in [3.05, 3.63) is 88.7 Å². The molecule has 0 aliphatic carbocycles. The summed E-state index contributed by atoms with van der Waals surface area (Å²) in [5, 5.41) is 7.67. The molecule has 0 unspecified atom stereocenters. The van der Waals surface area contributed by atoms with Crippen molar-refractivity contribution in [3.63, 3.8) is 0 Å². The molecule has 2 N–H and O–H groups in total. The first-order valence-corrected chi connectivity index (χ1v) is 14.5. The summed E-state index contributed by atoms with van der Waals surface area (Å²) in [4.78, 5) is 7.13. The SMILES string of the molecule is CC(C)c1cccc(C(C)C)c1NCCN(CCNc1c(C(C)C)cccc1C(C)C)Cc1ccccn1.[Ni]. The zero-order valence-electron chi connectivity index (χ0n) is 25.3. The molecule has 0 fully saturated rings. The second kappa shape index (κ2) is 16.0. The summed E-state index contributed by atoms with van der Waals surface area (Å²) in [6.45, 7) is 22.8. The number of rotatable bonds is 14. The first-order valence-electron chi connectivity index (χ1n) is 14.5. The molecule has 4 nitrogen and oxygen atoms in total. The van der Waals surface area contributed by atoms with Gasteiger partial charge in [0.25, 0.3) is 0 Å². The second-order valence-electron chi connectivity index (χ2n) is 11.7. The Bertz CT molecular complexity index is 1000. The van der Waals surface area contributed by atoms with Gasteiger partial charge in [-0.3, -0.25) is 9.88 Å². The molecule has 216 valence electrons. The van der Waals surface area contributed by atoms with Crippen LogP contribution in [-0.4, -0.2) is 36.1 Å². The van der Waals surface area contributed by atoms with Crippen LogP contribution in [0.15, 0.2) is 60.8 Å². The molecule has 0 spiro atoms. The number of hydrogen-bond donors (Lipinski definition) is 2. The van der Waals surface area contributed by atoms with Gasteiger partial charge >= 0.3 is 0 Å². The van der Waals surface area contributed by atoms with E-state index >= 15 is 0 Å². The van der Waals surface area contributed by atoms with Gasteiger partial charge in [-0.2, -0.15) is 0 Å². The fraction of sp³-hybridized carbons (Fsp3) is 0.500. The maximum absolute atomic E-state index is 4.62. The third-order valence-electron chi connectivity index (χ3n) is 7.32. The summed E-state index contributed by atoms with van der Waals surface area (Å²) in [7, 11) is 0. The van der Waals surface area contributed by atoms with Crippen LogP contribution in [0.2, 0.25) is 0 Å². The van der Waals surface area contributed by atoms with E-state index in [0.717, 1.165) is 38.4 Å². The maximum atomic E-state index is 4.62. The normalized spacial score (nSPS) is 11.5. The van der Waals surface area contributed by atoms with E-state index in [2.05, 4.69) is 124 Å². The monoisotopic (exact) mass is 572 g/mol. The minimum Gasteiger partial charge on any atom is -0.383 e. The van der Waals surface area contributed by atoms with Gasteiger partial charge in [-0.05, 0) is 58.1 Å². The first kappa shape index (κ1) is 32.9. The van der Waals surface area contributed by atoms with E-state index in [1.54, 1.807) is 0 Å². The Kier molecular flexibility index (Phi) is 13.5. The van der Waals surface area contributed by atoms with E-state index in [1.165, 1.54) is 33.6 Å². The topological polar surface area (TPSA) is 40.2 Å². The first-order chi connectivity index (χ1) is 18.2. The molecule has 1 aromatic heterocycles. The summed E-state index contributed by atoms with van der Waals surface area (Å²) in [5.41, 5.74) is 9.37. The molecular formula is C34H50N4Ni. The van der Waals surface area contributed by atoms with Crippen LogP contribution in [0.3, 0.4) is 0 Å². The van der Waals surface area contributed by atoms with Crippen LogP contribution in [0.5, 0.6) is 0 Å². The van der Waals surface area contributed by atoms with E-state index in [0.29, 0.717) is 23.7 Å². The number of nitrogens with one attached hydrogen (secondary N) is 2. The van der Waals surface area contributed by atoms with Crippen LogP contribution in [-0.2, 0) is 23.0 Å². The minimum absolute atomic E-state index is 0. The van der Waals surface area contributed by atoms with Crippen LogP contribution >= 0.6 is 0 Å². The van der Waals surface area contributed by atoms with Gasteiger partial charge in [-0.25, -0.2) is 0 Å². The third kappa shape index (κ3) is 9.36. The number of aromatic nitrogens is 1. The quantitative estimate of drug-likeness (QED) is 0.190. The van der Waals surface area contributed by atoms with Crippen LogP contribution in [0, 0.1) is 0 Å². The number of anilines is 2. The number of nitrogens with zero attached hydrogens (tertiary/aromatic N) is 2. The Morgan fingerprint density at radius 3 is 1.33 bits per heavy atom. The predicted octanol–water partition coefficient (Wildman–Crippen LogP) is 8.60.